The number of likely N-dealkylation sites (N-methyl/N-ethyl adjacent to an activating group) is 1. The Hall–Kier alpha value is -3.28. The first kappa shape index (κ1) is 24.1. The molecule has 0 spiro atoms. The molecule has 37 heavy (non-hydrogen) atoms. The lowest BCUT2D eigenvalue weighted by atomic mass is 10.0. The molecule has 2 fully saturated rings. The summed E-state index contributed by atoms with van der Waals surface area (Å²) in [5.74, 6) is 0.956. The molecule has 0 amide bonds. The molecule has 0 bridgehead atoms. The van der Waals surface area contributed by atoms with Gasteiger partial charge < -0.3 is 24.8 Å². The van der Waals surface area contributed by atoms with Gasteiger partial charge >= 0.3 is 6.01 Å². The maximum absolute atomic E-state index is 9.10. The molecular weight excluding hydrogens is 486 g/mol. The second kappa shape index (κ2) is 10.2. The third kappa shape index (κ3) is 4.74. The van der Waals surface area contributed by atoms with Gasteiger partial charge in [0, 0.05) is 42.3 Å². The zero-order chi connectivity index (χ0) is 25.4. The summed E-state index contributed by atoms with van der Waals surface area (Å²) in [6.07, 6.45) is 6.18. The highest BCUT2D eigenvalue weighted by Crippen LogP contribution is 2.37. The van der Waals surface area contributed by atoms with Crippen LogP contribution in [0.4, 0.5) is 11.5 Å². The van der Waals surface area contributed by atoms with Crippen molar-refractivity contribution >= 4 is 33.9 Å². The summed E-state index contributed by atoms with van der Waals surface area (Å²) in [6.45, 7) is 4.84. The van der Waals surface area contributed by atoms with Gasteiger partial charge in [0.25, 0.3) is 0 Å². The summed E-state index contributed by atoms with van der Waals surface area (Å²) in [5, 5.41) is 15.0. The summed E-state index contributed by atoms with van der Waals surface area (Å²) in [6, 6.07) is 13.4. The Balaban J connectivity index is 1.33. The number of nitrogens with zero attached hydrogens (tertiary/aromatic N) is 6. The smallest absolute Gasteiger partial charge is 0.318 e. The predicted molar refractivity (Wildman–Crippen MR) is 146 cm³/mol. The third-order valence-electron chi connectivity index (χ3n) is 8.03. The van der Waals surface area contributed by atoms with Crippen LogP contribution in [0.5, 0.6) is 6.01 Å². The molecule has 2 atom stereocenters. The van der Waals surface area contributed by atoms with Gasteiger partial charge in [0.15, 0.2) is 6.19 Å². The number of likely N-dealkylation sites (tertiary alicyclic amines) is 1. The summed E-state index contributed by atoms with van der Waals surface area (Å²) >= 11 is 6.66. The Morgan fingerprint density at radius 1 is 1.11 bits per heavy atom. The lowest BCUT2D eigenvalue weighted by Crippen LogP contribution is -2.35. The fourth-order valence-corrected chi connectivity index (χ4v) is 6.26. The van der Waals surface area contributed by atoms with Crippen molar-refractivity contribution in [1.82, 2.24) is 20.2 Å². The van der Waals surface area contributed by atoms with E-state index < -0.39 is 0 Å². The Morgan fingerprint density at radius 3 is 2.78 bits per heavy atom. The average molecular weight is 518 g/mol. The van der Waals surface area contributed by atoms with E-state index in [4.69, 9.17) is 31.6 Å². The van der Waals surface area contributed by atoms with Gasteiger partial charge in [0.2, 0.25) is 0 Å². The number of hydrogen-bond donors (Lipinski definition) is 1. The summed E-state index contributed by atoms with van der Waals surface area (Å²) < 4.78 is 6.23. The van der Waals surface area contributed by atoms with E-state index in [0.717, 1.165) is 78.4 Å². The van der Waals surface area contributed by atoms with Crippen LogP contribution in [0.2, 0.25) is 5.02 Å². The van der Waals surface area contributed by atoms with Crippen LogP contribution < -0.4 is 19.9 Å². The SMILES string of the molecule is CN1CCC[C@H]1COc1nc2c(c(N3CCC(NC#N)C3)n1)CCN(c1cccc3cccc(Cl)c13)C2. The van der Waals surface area contributed by atoms with Crippen LogP contribution in [0.25, 0.3) is 10.8 Å². The second-order valence-electron chi connectivity index (χ2n) is 10.3. The van der Waals surface area contributed by atoms with Crippen LogP contribution in [0.3, 0.4) is 0 Å². The van der Waals surface area contributed by atoms with Crippen LogP contribution >= 0.6 is 11.6 Å². The Bertz CT molecular complexity index is 1340. The zero-order valence-electron chi connectivity index (χ0n) is 21.2. The first-order valence-electron chi connectivity index (χ1n) is 13.2. The van der Waals surface area contributed by atoms with Gasteiger partial charge in [-0.25, -0.2) is 0 Å². The highest BCUT2D eigenvalue weighted by Gasteiger charge is 2.31. The fourth-order valence-electron chi connectivity index (χ4n) is 5.98. The molecule has 4 heterocycles. The molecule has 2 aromatic carbocycles. The number of rotatable bonds is 6. The monoisotopic (exact) mass is 517 g/mol. The molecule has 3 aromatic rings. The van der Waals surface area contributed by atoms with E-state index in [1.54, 1.807) is 0 Å². The number of ether oxygens (including phenoxy) is 1. The van der Waals surface area contributed by atoms with Crippen molar-refractivity contribution in [3.63, 3.8) is 0 Å². The van der Waals surface area contributed by atoms with E-state index >= 15 is 0 Å². The van der Waals surface area contributed by atoms with Gasteiger partial charge in [-0.1, -0.05) is 35.9 Å². The second-order valence-corrected chi connectivity index (χ2v) is 10.7. The topological polar surface area (TPSA) is 80.5 Å². The van der Waals surface area contributed by atoms with Gasteiger partial charge in [-0.3, -0.25) is 0 Å². The van der Waals surface area contributed by atoms with Crippen molar-refractivity contribution in [3.05, 3.63) is 52.7 Å². The van der Waals surface area contributed by atoms with Crippen molar-refractivity contribution in [2.45, 2.75) is 44.3 Å². The lowest BCUT2D eigenvalue weighted by molar-refractivity contribution is 0.187. The standard InChI is InChI=1S/C28H32ClN7O/c1-34-12-4-7-21(34)17-37-28-32-24-16-35(25-9-3-6-19-5-2-8-23(29)26(19)25)14-11-22(24)27(33-28)36-13-10-20(15-36)31-18-30/h2-3,5-6,8-9,20-21,31H,4,7,10-17H2,1H3/t20?,21-/m0/s1. The van der Waals surface area contributed by atoms with Gasteiger partial charge in [0.05, 0.1) is 23.3 Å². The first-order chi connectivity index (χ1) is 18.1. The molecule has 3 aliphatic heterocycles. The fraction of sp³-hybridized carbons (Fsp3) is 0.464. The molecule has 3 aliphatic rings. The molecule has 6 rings (SSSR count). The van der Waals surface area contributed by atoms with E-state index in [1.165, 1.54) is 12.0 Å². The molecule has 2 saturated heterocycles. The van der Waals surface area contributed by atoms with Crippen molar-refractivity contribution in [3.8, 4) is 12.2 Å². The van der Waals surface area contributed by atoms with E-state index in [-0.39, 0.29) is 6.04 Å². The van der Waals surface area contributed by atoms with Crippen LogP contribution in [0.15, 0.2) is 36.4 Å². The Labute approximate surface area is 222 Å². The molecule has 0 saturated carbocycles. The summed E-state index contributed by atoms with van der Waals surface area (Å²) in [5.41, 5.74) is 3.32. The molecule has 1 N–H and O–H groups in total. The number of nitriles is 1. The molecule has 8 nitrogen and oxygen atoms in total. The van der Waals surface area contributed by atoms with Crippen molar-refractivity contribution < 1.29 is 4.74 Å². The summed E-state index contributed by atoms with van der Waals surface area (Å²) in [7, 11) is 2.15. The van der Waals surface area contributed by atoms with E-state index in [9.17, 15) is 0 Å². The first-order valence-corrected chi connectivity index (χ1v) is 13.5. The minimum absolute atomic E-state index is 0.144. The van der Waals surface area contributed by atoms with Crippen LogP contribution in [0, 0.1) is 11.5 Å². The number of hydrogen-bond acceptors (Lipinski definition) is 8. The minimum Gasteiger partial charge on any atom is -0.462 e. The molecule has 0 radical (unpaired) electrons. The molecule has 192 valence electrons. The molecule has 1 aromatic heterocycles. The Morgan fingerprint density at radius 2 is 1.97 bits per heavy atom. The average Bonchev–Trinajstić information content (AvgIpc) is 3.55. The van der Waals surface area contributed by atoms with Gasteiger partial charge in [-0.15, -0.1) is 0 Å². The number of aromatic nitrogens is 2. The van der Waals surface area contributed by atoms with Crippen molar-refractivity contribution in [1.29, 1.82) is 5.26 Å². The van der Waals surface area contributed by atoms with E-state index in [2.05, 4.69) is 57.5 Å². The molecule has 1 unspecified atom stereocenters. The van der Waals surface area contributed by atoms with Gasteiger partial charge in [-0.2, -0.15) is 15.2 Å². The van der Waals surface area contributed by atoms with E-state index in [1.807, 2.05) is 12.1 Å². The highest BCUT2D eigenvalue weighted by atomic mass is 35.5. The van der Waals surface area contributed by atoms with Gasteiger partial charge in [0.1, 0.15) is 12.4 Å². The highest BCUT2D eigenvalue weighted by molar-refractivity contribution is 6.36. The van der Waals surface area contributed by atoms with Crippen LogP contribution in [0.1, 0.15) is 30.5 Å². The number of nitrogens with one attached hydrogen (secondary N) is 1. The molecule has 0 aliphatic carbocycles. The minimum atomic E-state index is 0.144. The number of benzene rings is 2. The lowest BCUT2D eigenvalue weighted by Gasteiger charge is -2.33. The normalized spacial score (nSPS) is 21.8. The quantitative estimate of drug-likeness (QED) is 0.388. The van der Waals surface area contributed by atoms with Crippen LogP contribution in [-0.4, -0.2) is 66.8 Å². The number of fused-ring (bicyclic) bond motifs is 2. The molecule has 9 heteroatoms. The zero-order valence-corrected chi connectivity index (χ0v) is 21.9. The summed E-state index contributed by atoms with van der Waals surface area (Å²) in [4.78, 5) is 16.9. The maximum Gasteiger partial charge on any atom is 0.318 e. The van der Waals surface area contributed by atoms with Gasteiger partial charge in [-0.05, 0) is 56.8 Å². The van der Waals surface area contributed by atoms with Crippen molar-refractivity contribution in [2.24, 2.45) is 0 Å². The largest absolute Gasteiger partial charge is 0.462 e. The Kier molecular flexibility index (Phi) is 6.66. The van der Waals surface area contributed by atoms with E-state index in [0.29, 0.717) is 25.2 Å². The number of halogens is 1. The third-order valence-corrected chi connectivity index (χ3v) is 8.34. The maximum atomic E-state index is 9.10. The van der Waals surface area contributed by atoms with Crippen molar-refractivity contribution in [2.75, 3.05) is 49.6 Å². The number of anilines is 2. The predicted octanol–water partition coefficient (Wildman–Crippen LogP) is 3.97. The molecular formula is C28H32ClN7O. The van der Waals surface area contributed by atoms with Crippen LogP contribution in [-0.2, 0) is 13.0 Å².